The third kappa shape index (κ3) is 3.09. The topological polar surface area (TPSA) is 58.8 Å². The summed E-state index contributed by atoms with van der Waals surface area (Å²) in [5.41, 5.74) is 2.48. The second-order valence-corrected chi connectivity index (χ2v) is 5.64. The molecule has 1 aromatic heterocycles. The minimum absolute atomic E-state index is 0.178. The van der Waals surface area contributed by atoms with E-state index >= 15 is 0 Å². The lowest BCUT2D eigenvalue weighted by molar-refractivity contribution is 0.122. The van der Waals surface area contributed by atoms with Crippen LogP contribution >= 0.6 is 0 Å². The van der Waals surface area contributed by atoms with Gasteiger partial charge >= 0.3 is 0 Å². The Balaban J connectivity index is 2.25. The van der Waals surface area contributed by atoms with Crippen LogP contribution in [0.15, 0.2) is 0 Å². The van der Waals surface area contributed by atoms with E-state index in [0.717, 1.165) is 36.9 Å². The maximum atomic E-state index is 9.43. The highest BCUT2D eigenvalue weighted by Crippen LogP contribution is 2.29. The van der Waals surface area contributed by atoms with Crippen LogP contribution < -0.4 is 4.74 Å². The van der Waals surface area contributed by atoms with Gasteiger partial charge < -0.3 is 4.74 Å². The monoisotopic (exact) mass is 273 g/mol. The normalized spacial score (nSPS) is 22.3. The van der Waals surface area contributed by atoms with Crippen molar-refractivity contribution in [2.45, 2.75) is 65.4 Å². The Kier molecular flexibility index (Phi) is 4.94. The first kappa shape index (κ1) is 14.8. The van der Waals surface area contributed by atoms with Crippen molar-refractivity contribution in [3.8, 4) is 11.9 Å². The lowest BCUT2D eigenvalue weighted by Crippen LogP contribution is -2.25. The van der Waals surface area contributed by atoms with Crippen molar-refractivity contribution in [1.82, 2.24) is 10.2 Å². The van der Waals surface area contributed by atoms with Gasteiger partial charge in [0, 0.05) is 0 Å². The Morgan fingerprint density at radius 1 is 1.25 bits per heavy atom. The van der Waals surface area contributed by atoms with Crippen LogP contribution in [0.3, 0.4) is 0 Å². The van der Waals surface area contributed by atoms with Crippen LogP contribution in [-0.4, -0.2) is 16.3 Å². The number of rotatable bonds is 4. The molecule has 1 aliphatic rings. The van der Waals surface area contributed by atoms with E-state index in [4.69, 9.17) is 4.74 Å². The molecule has 0 amide bonds. The first-order valence-corrected chi connectivity index (χ1v) is 7.64. The number of nitrogens with zero attached hydrogens (tertiary/aromatic N) is 3. The number of aromatic nitrogens is 2. The predicted octanol–water partition coefficient (Wildman–Crippen LogP) is 3.43. The van der Waals surface area contributed by atoms with Crippen molar-refractivity contribution in [3.05, 3.63) is 16.8 Å². The molecule has 0 saturated heterocycles. The van der Waals surface area contributed by atoms with Crippen LogP contribution in [0.25, 0.3) is 0 Å². The van der Waals surface area contributed by atoms with Gasteiger partial charge in [0.1, 0.15) is 17.7 Å². The molecular weight excluding hydrogens is 250 g/mol. The van der Waals surface area contributed by atoms with Crippen molar-refractivity contribution in [3.63, 3.8) is 0 Å². The Hall–Kier alpha value is -1.63. The molecule has 4 heteroatoms. The summed E-state index contributed by atoms with van der Waals surface area (Å²) < 4.78 is 5.99. The van der Waals surface area contributed by atoms with Crippen LogP contribution in [0, 0.1) is 17.2 Å². The van der Waals surface area contributed by atoms with E-state index in [2.05, 4.69) is 23.2 Å². The van der Waals surface area contributed by atoms with Crippen LogP contribution in [0.1, 0.15) is 63.3 Å². The van der Waals surface area contributed by atoms with Gasteiger partial charge in [-0.25, -0.2) is 0 Å². The quantitative estimate of drug-likeness (QED) is 0.843. The first-order chi connectivity index (χ1) is 9.69. The summed E-state index contributed by atoms with van der Waals surface area (Å²) in [6.45, 7) is 6.33. The predicted molar refractivity (Wildman–Crippen MR) is 77.6 cm³/mol. The van der Waals surface area contributed by atoms with Crippen molar-refractivity contribution in [2.24, 2.45) is 5.92 Å². The molecule has 0 radical (unpaired) electrons. The van der Waals surface area contributed by atoms with Crippen molar-refractivity contribution in [1.29, 1.82) is 5.26 Å². The number of nitriles is 1. The highest BCUT2D eigenvalue weighted by atomic mass is 16.5. The van der Waals surface area contributed by atoms with Gasteiger partial charge in [-0.3, -0.25) is 0 Å². The fourth-order valence-corrected chi connectivity index (χ4v) is 3.00. The van der Waals surface area contributed by atoms with E-state index in [1.54, 1.807) is 0 Å². The summed E-state index contributed by atoms with van der Waals surface area (Å²) in [6.07, 6.45) is 6.32. The zero-order chi connectivity index (χ0) is 14.5. The van der Waals surface area contributed by atoms with E-state index < -0.39 is 0 Å². The smallest absolute Gasteiger partial charge is 0.252 e. The summed E-state index contributed by atoms with van der Waals surface area (Å²) in [6, 6.07) is 2.26. The Bertz CT molecular complexity index is 507. The van der Waals surface area contributed by atoms with E-state index in [1.165, 1.54) is 12.8 Å². The zero-order valence-electron chi connectivity index (χ0n) is 12.6. The molecular formula is C16H23N3O. The van der Waals surface area contributed by atoms with Crippen LogP contribution in [0.4, 0.5) is 0 Å². The molecule has 2 unspecified atom stereocenters. The van der Waals surface area contributed by atoms with Gasteiger partial charge in [0.05, 0.1) is 5.69 Å². The fraction of sp³-hybridized carbons (Fsp3) is 0.688. The molecule has 1 aromatic rings. The van der Waals surface area contributed by atoms with Crippen molar-refractivity contribution < 1.29 is 4.74 Å². The lowest BCUT2D eigenvalue weighted by atomic mass is 9.89. The van der Waals surface area contributed by atoms with Gasteiger partial charge in [0.2, 0.25) is 0 Å². The van der Waals surface area contributed by atoms with Gasteiger partial charge in [0.15, 0.2) is 0 Å². The largest absolute Gasteiger partial charge is 0.472 e. The standard InChI is InChI=1S/C16H23N3O/c1-4-13-14(10-17)16(19-18-15(13)5-2)20-12-8-6-7-11(3)9-12/h11-12H,4-9H2,1-3H3. The number of ether oxygens (including phenoxy) is 1. The summed E-state index contributed by atoms with van der Waals surface area (Å²) in [4.78, 5) is 0. The molecule has 0 bridgehead atoms. The maximum Gasteiger partial charge on any atom is 0.252 e. The van der Waals surface area contributed by atoms with Crippen LogP contribution in [0.2, 0.25) is 0 Å². The number of hydrogen-bond acceptors (Lipinski definition) is 4. The Morgan fingerprint density at radius 2 is 2.05 bits per heavy atom. The molecule has 1 fully saturated rings. The third-order valence-corrected chi connectivity index (χ3v) is 4.09. The summed E-state index contributed by atoms with van der Waals surface area (Å²) in [5.74, 6) is 1.12. The van der Waals surface area contributed by atoms with Gasteiger partial charge in [-0.15, -0.1) is 5.10 Å². The van der Waals surface area contributed by atoms with Crippen molar-refractivity contribution in [2.75, 3.05) is 0 Å². The Morgan fingerprint density at radius 3 is 2.65 bits per heavy atom. The first-order valence-electron chi connectivity index (χ1n) is 7.64. The van der Waals surface area contributed by atoms with Gasteiger partial charge in [-0.05, 0) is 43.6 Å². The van der Waals surface area contributed by atoms with E-state index in [9.17, 15) is 5.26 Å². The minimum Gasteiger partial charge on any atom is -0.472 e. The number of aryl methyl sites for hydroxylation is 1. The summed E-state index contributed by atoms with van der Waals surface area (Å²) >= 11 is 0. The third-order valence-electron chi connectivity index (χ3n) is 4.09. The minimum atomic E-state index is 0.178. The summed E-state index contributed by atoms with van der Waals surface area (Å²) in [7, 11) is 0. The average Bonchev–Trinajstić information content (AvgIpc) is 2.46. The SMILES string of the molecule is CCc1nnc(OC2CCCC(C)C2)c(C#N)c1CC. The highest BCUT2D eigenvalue weighted by Gasteiger charge is 2.23. The van der Waals surface area contributed by atoms with Gasteiger partial charge in [0.25, 0.3) is 5.88 Å². The highest BCUT2D eigenvalue weighted by molar-refractivity contribution is 5.46. The maximum absolute atomic E-state index is 9.43. The summed E-state index contributed by atoms with van der Waals surface area (Å²) in [5, 5.41) is 17.8. The fourth-order valence-electron chi connectivity index (χ4n) is 3.00. The lowest BCUT2D eigenvalue weighted by Gasteiger charge is -2.27. The zero-order valence-corrected chi connectivity index (χ0v) is 12.6. The van der Waals surface area contributed by atoms with Crippen LogP contribution in [-0.2, 0) is 12.8 Å². The second kappa shape index (κ2) is 6.69. The molecule has 108 valence electrons. The molecule has 2 atom stereocenters. The number of hydrogen-bond donors (Lipinski definition) is 0. The van der Waals surface area contributed by atoms with E-state index in [-0.39, 0.29) is 6.10 Å². The molecule has 1 aliphatic carbocycles. The molecule has 0 N–H and O–H groups in total. The van der Waals surface area contributed by atoms with Gasteiger partial charge in [-0.2, -0.15) is 10.4 Å². The van der Waals surface area contributed by atoms with E-state index in [1.807, 2.05) is 13.8 Å². The van der Waals surface area contributed by atoms with Crippen LogP contribution in [0.5, 0.6) is 5.88 Å². The molecule has 1 saturated carbocycles. The molecule has 2 rings (SSSR count). The average molecular weight is 273 g/mol. The molecule has 1 heterocycles. The van der Waals surface area contributed by atoms with Crippen molar-refractivity contribution >= 4 is 0 Å². The molecule has 0 spiro atoms. The molecule has 4 nitrogen and oxygen atoms in total. The van der Waals surface area contributed by atoms with E-state index in [0.29, 0.717) is 17.4 Å². The molecule has 0 aliphatic heterocycles. The van der Waals surface area contributed by atoms with Gasteiger partial charge in [-0.1, -0.05) is 27.2 Å². The Labute approximate surface area is 121 Å². The molecule has 0 aromatic carbocycles. The molecule has 20 heavy (non-hydrogen) atoms. The second-order valence-electron chi connectivity index (χ2n) is 5.64.